The molecule has 64 valence electrons. The largest absolute Gasteiger partial charge is 0.221 e. The summed E-state index contributed by atoms with van der Waals surface area (Å²) >= 11 is -0.0972. The molecule has 0 N–H and O–H groups in total. The molecule has 0 saturated carbocycles. The van der Waals surface area contributed by atoms with Crippen LogP contribution in [-0.2, 0) is 0 Å². The quantitative estimate of drug-likeness (QED) is 0.724. The third kappa shape index (κ3) is 1.35. The summed E-state index contributed by atoms with van der Waals surface area (Å²) in [5, 5.41) is 4.40. The molecule has 0 spiro atoms. The lowest BCUT2D eigenvalue weighted by Crippen LogP contribution is -1.92. The maximum Gasteiger partial charge on any atom is 0.160 e. The minimum absolute atomic E-state index is 0.0972. The smallest absolute Gasteiger partial charge is 0.160 e. The first-order chi connectivity index (χ1) is 5.77. The molecule has 0 fully saturated rings. The number of nitrogens with zero attached hydrogens (tertiary/aromatic N) is 3. The third-order valence-electron chi connectivity index (χ3n) is 1.72. The molecule has 2 rings (SSSR count). The molecule has 0 radical (unpaired) electrons. The highest BCUT2D eigenvalue weighted by Crippen LogP contribution is 2.27. The SMILES string of the molecule is CC(C)c1cc2n(n1)C=CI=N2. The fraction of sp³-hybridized carbons (Fsp3) is 0.375. The van der Waals surface area contributed by atoms with Crippen molar-refractivity contribution in [3.8, 4) is 0 Å². The van der Waals surface area contributed by atoms with Crippen molar-refractivity contribution >= 4 is 33.1 Å². The topological polar surface area (TPSA) is 30.2 Å². The van der Waals surface area contributed by atoms with Crippen LogP contribution in [0.15, 0.2) is 13.3 Å². The monoisotopic (exact) mass is 275 g/mol. The molecule has 0 aliphatic carbocycles. The Morgan fingerprint density at radius 3 is 3.00 bits per heavy atom. The molecule has 0 unspecified atom stereocenters. The summed E-state index contributed by atoms with van der Waals surface area (Å²) in [4.78, 5) is 0. The van der Waals surface area contributed by atoms with Crippen LogP contribution in [0, 0.1) is 0 Å². The highest BCUT2D eigenvalue weighted by Gasteiger charge is 2.08. The lowest BCUT2D eigenvalue weighted by Gasteiger charge is -1.97. The van der Waals surface area contributed by atoms with Crippen molar-refractivity contribution in [2.45, 2.75) is 19.8 Å². The van der Waals surface area contributed by atoms with Crippen LogP contribution >= 0.6 is 21.0 Å². The number of halogens is 1. The Balaban J connectivity index is 2.47. The van der Waals surface area contributed by atoms with E-state index in [2.05, 4.69) is 32.2 Å². The van der Waals surface area contributed by atoms with E-state index in [1.807, 2.05) is 10.9 Å². The predicted octanol–water partition coefficient (Wildman–Crippen LogP) is 3.23. The second kappa shape index (κ2) is 3.08. The van der Waals surface area contributed by atoms with E-state index in [0.717, 1.165) is 11.5 Å². The molecular weight excluding hydrogens is 265 g/mol. The summed E-state index contributed by atoms with van der Waals surface area (Å²) in [6.45, 7) is 4.29. The van der Waals surface area contributed by atoms with Gasteiger partial charge in [0.2, 0.25) is 0 Å². The molecule has 0 bridgehead atoms. The lowest BCUT2D eigenvalue weighted by molar-refractivity contribution is 0.784. The van der Waals surface area contributed by atoms with Gasteiger partial charge >= 0.3 is 0 Å². The number of hydrogen-bond donors (Lipinski definition) is 0. The first kappa shape index (κ1) is 8.10. The van der Waals surface area contributed by atoms with Gasteiger partial charge in [-0.1, -0.05) is 13.8 Å². The van der Waals surface area contributed by atoms with E-state index in [0.29, 0.717) is 5.92 Å². The van der Waals surface area contributed by atoms with Crippen molar-refractivity contribution in [2.75, 3.05) is 0 Å². The molecule has 1 aromatic rings. The van der Waals surface area contributed by atoms with Gasteiger partial charge in [-0.3, -0.25) is 0 Å². The number of aromatic nitrogens is 2. The Hall–Kier alpha value is -0.520. The molecule has 1 aliphatic rings. The van der Waals surface area contributed by atoms with Crippen LogP contribution in [0.25, 0.3) is 6.20 Å². The molecule has 3 nitrogen and oxygen atoms in total. The standard InChI is InChI=1S/C8H10IN3/c1-6(2)7-5-8-10-9-3-4-12(8)11-7/h3-6H,1-2H3. The minimum Gasteiger partial charge on any atom is -0.221 e. The molecule has 2 heterocycles. The predicted molar refractivity (Wildman–Crippen MR) is 57.8 cm³/mol. The summed E-state index contributed by atoms with van der Waals surface area (Å²) in [6, 6.07) is 2.08. The number of rotatable bonds is 1. The first-order valence-electron chi connectivity index (χ1n) is 3.87. The van der Waals surface area contributed by atoms with Crippen LogP contribution < -0.4 is 0 Å². The van der Waals surface area contributed by atoms with Crippen molar-refractivity contribution in [1.29, 1.82) is 0 Å². The molecule has 12 heavy (non-hydrogen) atoms. The van der Waals surface area contributed by atoms with Gasteiger partial charge in [0, 0.05) is 37.4 Å². The Morgan fingerprint density at radius 2 is 2.33 bits per heavy atom. The van der Waals surface area contributed by atoms with E-state index in [1.165, 1.54) is 0 Å². The van der Waals surface area contributed by atoms with E-state index in [4.69, 9.17) is 0 Å². The van der Waals surface area contributed by atoms with E-state index in [-0.39, 0.29) is 21.0 Å². The van der Waals surface area contributed by atoms with Crippen LogP contribution in [-0.4, -0.2) is 9.78 Å². The molecule has 0 amide bonds. The van der Waals surface area contributed by atoms with Crippen LogP contribution in [0.4, 0.5) is 5.82 Å². The van der Waals surface area contributed by atoms with Gasteiger partial charge in [0.1, 0.15) is 0 Å². The van der Waals surface area contributed by atoms with E-state index < -0.39 is 0 Å². The number of fused-ring (bicyclic) bond motifs is 1. The highest BCUT2D eigenvalue weighted by molar-refractivity contribution is 14.2. The summed E-state index contributed by atoms with van der Waals surface area (Å²) in [5.74, 6) is 1.51. The van der Waals surface area contributed by atoms with E-state index >= 15 is 0 Å². The van der Waals surface area contributed by atoms with Gasteiger partial charge in [0.25, 0.3) is 0 Å². The zero-order valence-electron chi connectivity index (χ0n) is 7.03. The van der Waals surface area contributed by atoms with Crippen LogP contribution in [0.3, 0.4) is 0 Å². The van der Waals surface area contributed by atoms with Crippen molar-refractivity contribution in [2.24, 2.45) is 3.15 Å². The summed E-state index contributed by atoms with van der Waals surface area (Å²) in [5.41, 5.74) is 1.13. The number of hydrogen-bond acceptors (Lipinski definition) is 2. The fourth-order valence-corrected chi connectivity index (χ4v) is 2.27. The zero-order chi connectivity index (χ0) is 8.55. The van der Waals surface area contributed by atoms with Gasteiger partial charge in [-0.05, 0) is 5.92 Å². The van der Waals surface area contributed by atoms with E-state index in [1.54, 1.807) is 0 Å². The van der Waals surface area contributed by atoms with Crippen LogP contribution in [0.2, 0.25) is 0 Å². The molecule has 4 heteroatoms. The van der Waals surface area contributed by atoms with Gasteiger partial charge < -0.3 is 0 Å². The molecule has 1 aromatic heterocycles. The molecule has 1 aliphatic heterocycles. The average molecular weight is 275 g/mol. The van der Waals surface area contributed by atoms with Gasteiger partial charge in [-0.15, -0.1) is 0 Å². The summed E-state index contributed by atoms with van der Waals surface area (Å²) in [7, 11) is 0. The third-order valence-corrected chi connectivity index (χ3v) is 3.13. The van der Waals surface area contributed by atoms with Crippen molar-refractivity contribution in [3.63, 3.8) is 0 Å². The lowest BCUT2D eigenvalue weighted by atomic mass is 10.1. The molecule has 0 aromatic carbocycles. The minimum atomic E-state index is -0.0972. The Morgan fingerprint density at radius 1 is 1.50 bits per heavy atom. The van der Waals surface area contributed by atoms with Gasteiger partial charge in [-0.2, -0.15) is 5.10 Å². The molecular formula is C8H10IN3. The maximum absolute atomic E-state index is 4.42. The van der Waals surface area contributed by atoms with Crippen LogP contribution in [0.5, 0.6) is 0 Å². The zero-order valence-corrected chi connectivity index (χ0v) is 9.19. The Bertz CT molecular complexity index is 320. The molecule has 0 saturated heterocycles. The maximum atomic E-state index is 4.42. The fourth-order valence-electron chi connectivity index (χ4n) is 1.01. The second-order valence-corrected chi connectivity index (χ2v) is 4.74. The van der Waals surface area contributed by atoms with Gasteiger partial charge in [0.15, 0.2) is 5.82 Å². The molecule has 0 atom stereocenters. The van der Waals surface area contributed by atoms with Gasteiger partial charge in [0.05, 0.1) is 5.69 Å². The normalized spacial score (nSPS) is 14.6. The van der Waals surface area contributed by atoms with Crippen LogP contribution in [0.1, 0.15) is 25.5 Å². The highest BCUT2D eigenvalue weighted by atomic mass is 127. The summed E-state index contributed by atoms with van der Waals surface area (Å²) < 4.78 is 8.39. The Kier molecular flexibility index (Phi) is 2.08. The van der Waals surface area contributed by atoms with Crippen molar-refractivity contribution < 1.29 is 0 Å². The first-order valence-corrected chi connectivity index (χ1v) is 6.08. The van der Waals surface area contributed by atoms with E-state index in [9.17, 15) is 0 Å². The van der Waals surface area contributed by atoms with Crippen molar-refractivity contribution in [3.05, 3.63) is 15.8 Å². The summed E-state index contributed by atoms with van der Waals surface area (Å²) in [6.07, 6.45) is 2.02. The van der Waals surface area contributed by atoms with Crippen molar-refractivity contribution in [1.82, 2.24) is 9.78 Å². The average Bonchev–Trinajstić information content (AvgIpc) is 2.46. The second-order valence-electron chi connectivity index (χ2n) is 2.98. The Labute approximate surface area is 81.6 Å². The van der Waals surface area contributed by atoms with Gasteiger partial charge in [-0.25, -0.2) is 7.83 Å².